The second-order valence-electron chi connectivity index (χ2n) is 10.0. The Kier molecular flexibility index (Phi) is 7.29. The number of fused-ring (bicyclic) bond motifs is 2. The fraction of sp³-hybridized carbons (Fsp3) is 0.571. The van der Waals surface area contributed by atoms with E-state index in [0.717, 1.165) is 49.3 Å². The molecule has 2 spiro atoms. The van der Waals surface area contributed by atoms with Gasteiger partial charge in [0.2, 0.25) is 0 Å². The first kappa shape index (κ1) is 24.8. The Morgan fingerprint density at radius 1 is 0.971 bits per heavy atom. The van der Waals surface area contributed by atoms with E-state index < -0.39 is 5.79 Å². The third kappa shape index (κ3) is 4.79. The van der Waals surface area contributed by atoms with E-state index in [0.29, 0.717) is 32.3 Å². The van der Waals surface area contributed by atoms with E-state index in [9.17, 15) is 0 Å². The highest BCUT2D eigenvalue weighted by atomic mass is 35.5. The quantitative estimate of drug-likeness (QED) is 0.345. The first-order valence-electron chi connectivity index (χ1n) is 12.6. The van der Waals surface area contributed by atoms with Gasteiger partial charge in [-0.15, -0.1) is 11.6 Å². The summed E-state index contributed by atoms with van der Waals surface area (Å²) in [6.45, 7) is 5.70. The van der Waals surface area contributed by atoms with Crippen LogP contribution in [0.5, 0.6) is 11.5 Å². The van der Waals surface area contributed by atoms with Gasteiger partial charge in [-0.05, 0) is 59.7 Å². The molecule has 0 aromatic heterocycles. The second-order valence-corrected chi connectivity index (χ2v) is 10.5. The van der Waals surface area contributed by atoms with E-state index in [1.165, 1.54) is 11.1 Å². The monoisotopic (exact) mass is 501 g/mol. The van der Waals surface area contributed by atoms with Crippen LogP contribution < -0.4 is 9.47 Å². The molecule has 2 heterocycles. The molecule has 0 amide bonds. The largest absolute Gasteiger partial charge is 0.497 e. The Morgan fingerprint density at radius 3 is 2.29 bits per heavy atom. The van der Waals surface area contributed by atoms with Crippen LogP contribution in [-0.4, -0.2) is 51.3 Å². The minimum atomic E-state index is -0.423. The van der Waals surface area contributed by atoms with E-state index >= 15 is 0 Å². The summed E-state index contributed by atoms with van der Waals surface area (Å²) >= 11 is 7.15. The Bertz CT molecular complexity index is 997. The molecular formula is C28H36ClNO5. The number of methoxy groups -OCH3 is 2. The highest BCUT2D eigenvalue weighted by Crippen LogP contribution is 2.57. The van der Waals surface area contributed by atoms with Gasteiger partial charge in [0.05, 0.1) is 40.6 Å². The summed E-state index contributed by atoms with van der Waals surface area (Å²) in [5.74, 6) is 1.62. The van der Waals surface area contributed by atoms with Crippen molar-refractivity contribution < 1.29 is 23.7 Å². The van der Waals surface area contributed by atoms with Crippen LogP contribution in [0.3, 0.4) is 0 Å². The molecule has 190 valence electrons. The molecule has 2 aromatic rings. The molecule has 0 bridgehead atoms. The van der Waals surface area contributed by atoms with Crippen LogP contribution in [0, 0.1) is 5.92 Å². The highest BCUT2D eigenvalue weighted by Gasteiger charge is 2.55. The lowest BCUT2D eigenvalue weighted by atomic mass is 9.74. The molecular weight excluding hydrogens is 466 g/mol. The van der Waals surface area contributed by atoms with Gasteiger partial charge in [0.25, 0.3) is 0 Å². The van der Waals surface area contributed by atoms with E-state index in [1.807, 2.05) is 30.3 Å². The zero-order chi connectivity index (χ0) is 24.5. The molecule has 2 aliphatic heterocycles. The summed E-state index contributed by atoms with van der Waals surface area (Å²) < 4.78 is 29.0. The molecule has 2 fully saturated rings. The molecule has 1 aliphatic carbocycles. The average molecular weight is 502 g/mol. The summed E-state index contributed by atoms with van der Waals surface area (Å²) in [5.41, 5.74) is 3.28. The zero-order valence-corrected chi connectivity index (χ0v) is 21.7. The van der Waals surface area contributed by atoms with Gasteiger partial charge in [-0.1, -0.05) is 25.1 Å². The van der Waals surface area contributed by atoms with Gasteiger partial charge < -0.3 is 23.7 Å². The third-order valence-corrected chi connectivity index (χ3v) is 8.30. The molecule has 1 unspecified atom stereocenters. The summed E-state index contributed by atoms with van der Waals surface area (Å²) in [6.07, 6.45) is 3.61. The van der Waals surface area contributed by atoms with Crippen molar-refractivity contribution in [2.45, 2.75) is 56.0 Å². The molecule has 6 nitrogen and oxygen atoms in total. The van der Waals surface area contributed by atoms with Gasteiger partial charge in [-0.25, -0.2) is 0 Å². The first-order valence-corrected chi connectivity index (χ1v) is 13.0. The van der Waals surface area contributed by atoms with Crippen molar-refractivity contribution in [3.8, 4) is 11.5 Å². The molecule has 2 aromatic carbocycles. The SMILES string of the molecule is COc1ccc(COC[C@H](C)CN2C(Cl)c3ccc(OC)cc3C23CCC2(CC3)OCCO2)cc1. The summed E-state index contributed by atoms with van der Waals surface area (Å²) in [4.78, 5) is 2.49. The lowest BCUT2D eigenvalue weighted by Crippen LogP contribution is -2.50. The maximum atomic E-state index is 7.15. The van der Waals surface area contributed by atoms with Gasteiger partial charge in [0, 0.05) is 24.9 Å². The number of rotatable bonds is 8. The second kappa shape index (κ2) is 10.3. The minimum absolute atomic E-state index is 0.152. The van der Waals surface area contributed by atoms with Gasteiger partial charge in [-0.3, -0.25) is 4.90 Å². The normalized spacial score (nSPS) is 23.5. The van der Waals surface area contributed by atoms with Crippen LogP contribution in [-0.2, 0) is 26.4 Å². The molecule has 5 rings (SSSR count). The topological polar surface area (TPSA) is 49.4 Å². The maximum Gasteiger partial charge on any atom is 0.168 e. The summed E-state index contributed by atoms with van der Waals surface area (Å²) in [6, 6.07) is 14.3. The van der Waals surface area contributed by atoms with Crippen molar-refractivity contribution in [3.05, 3.63) is 59.2 Å². The van der Waals surface area contributed by atoms with Gasteiger partial charge >= 0.3 is 0 Å². The van der Waals surface area contributed by atoms with Crippen LogP contribution in [0.2, 0.25) is 0 Å². The van der Waals surface area contributed by atoms with E-state index in [1.54, 1.807) is 14.2 Å². The van der Waals surface area contributed by atoms with Crippen molar-refractivity contribution in [3.63, 3.8) is 0 Å². The molecule has 2 atom stereocenters. The van der Waals surface area contributed by atoms with E-state index in [-0.39, 0.29) is 11.0 Å². The smallest absolute Gasteiger partial charge is 0.168 e. The number of alkyl halides is 1. The number of ether oxygens (including phenoxy) is 5. The number of halogens is 1. The van der Waals surface area contributed by atoms with Gasteiger partial charge in [-0.2, -0.15) is 0 Å². The van der Waals surface area contributed by atoms with Crippen LogP contribution >= 0.6 is 11.6 Å². The Balaban J connectivity index is 1.29. The maximum absolute atomic E-state index is 7.15. The lowest BCUT2D eigenvalue weighted by Gasteiger charge is -2.48. The minimum Gasteiger partial charge on any atom is -0.497 e. The number of hydrogen-bond acceptors (Lipinski definition) is 6. The van der Waals surface area contributed by atoms with Crippen molar-refractivity contribution >= 4 is 11.6 Å². The van der Waals surface area contributed by atoms with Gasteiger partial charge in [0.1, 0.15) is 17.0 Å². The Labute approximate surface area is 213 Å². The molecule has 3 aliphatic rings. The molecule has 1 saturated heterocycles. The fourth-order valence-electron chi connectivity index (χ4n) is 5.95. The summed E-state index contributed by atoms with van der Waals surface area (Å²) in [7, 11) is 3.40. The molecule has 35 heavy (non-hydrogen) atoms. The third-order valence-electron chi connectivity index (χ3n) is 7.83. The van der Waals surface area contributed by atoms with Crippen molar-refractivity contribution in [2.75, 3.05) is 40.6 Å². The Hall–Kier alpha value is -1.83. The van der Waals surface area contributed by atoms with E-state index in [2.05, 4.69) is 24.0 Å². The molecule has 7 heteroatoms. The zero-order valence-electron chi connectivity index (χ0n) is 20.9. The molecule has 0 N–H and O–H groups in total. The van der Waals surface area contributed by atoms with Crippen molar-refractivity contribution in [1.29, 1.82) is 0 Å². The molecule has 1 saturated carbocycles. The summed E-state index contributed by atoms with van der Waals surface area (Å²) in [5, 5.41) is 0. The predicted octanol–water partition coefficient (Wildman–Crippen LogP) is 5.62. The van der Waals surface area contributed by atoms with E-state index in [4.69, 9.17) is 35.3 Å². The fourth-order valence-corrected chi connectivity index (χ4v) is 6.41. The number of benzene rings is 2. The standard InChI is InChI=1S/C28H36ClNO5/c1-20(18-33-19-21-4-6-22(31-2)7-5-21)17-30-26(29)24-9-8-23(32-3)16-25(24)27(30)10-12-28(13-11-27)34-14-15-35-28/h4-9,16,20,26H,10-15,17-19H2,1-3H3/t20-,26?/m1/s1. The molecule has 0 radical (unpaired) electrons. The van der Waals surface area contributed by atoms with Crippen LogP contribution in [0.15, 0.2) is 42.5 Å². The van der Waals surface area contributed by atoms with Crippen LogP contribution in [0.25, 0.3) is 0 Å². The van der Waals surface area contributed by atoms with Crippen LogP contribution in [0.4, 0.5) is 0 Å². The van der Waals surface area contributed by atoms with Crippen molar-refractivity contribution in [1.82, 2.24) is 4.90 Å². The highest BCUT2D eigenvalue weighted by molar-refractivity contribution is 6.21. The average Bonchev–Trinajstić information content (AvgIpc) is 3.43. The Morgan fingerprint density at radius 2 is 1.63 bits per heavy atom. The number of nitrogens with zero attached hydrogens (tertiary/aromatic N) is 1. The van der Waals surface area contributed by atoms with Gasteiger partial charge in [0.15, 0.2) is 5.79 Å². The first-order chi connectivity index (χ1) is 17.0. The predicted molar refractivity (Wildman–Crippen MR) is 135 cm³/mol. The lowest BCUT2D eigenvalue weighted by molar-refractivity contribution is -0.195. The van der Waals surface area contributed by atoms with Crippen LogP contribution in [0.1, 0.15) is 54.8 Å². The van der Waals surface area contributed by atoms with Crippen molar-refractivity contribution in [2.24, 2.45) is 5.92 Å². The number of hydrogen-bond donors (Lipinski definition) is 0.